The first-order chi connectivity index (χ1) is 11.7. The van der Waals surface area contributed by atoms with E-state index in [2.05, 4.69) is 10.6 Å². The third kappa shape index (κ3) is 6.48. The highest BCUT2D eigenvalue weighted by Crippen LogP contribution is 2.16. The second kappa shape index (κ2) is 9.80. The highest BCUT2D eigenvalue weighted by Gasteiger charge is 2.01. The molecule has 2 N–H and O–H groups in total. The van der Waals surface area contributed by atoms with Gasteiger partial charge in [0, 0.05) is 11.6 Å². The minimum atomic E-state index is -0.0673. The monoisotopic (exact) mass is 348 g/mol. The van der Waals surface area contributed by atoms with Gasteiger partial charge in [-0.15, -0.1) is 0 Å². The van der Waals surface area contributed by atoms with E-state index in [0.29, 0.717) is 24.7 Å². The number of benzene rings is 2. The second-order valence-corrected chi connectivity index (χ2v) is 5.54. The Kier molecular flexibility index (Phi) is 7.39. The first kappa shape index (κ1) is 18.1. The first-order valence-electron chi connectivity index (χ1n) is 7.66. The maximum atomic E-state index is 11.7. The molecule has 0 aromatic heterocycles. The van der Waals surface area contributed by atoms with Crippen LogP contribution in [0.5, 0.6) is 11.5 Å². The van der Waals surface area contributed by atoms with E-state index in [9.17, 15) is 4.79 Å². The molecule has 0 radical (unpaired) electrons. The maximum absolute atomic E-state index is 11.7. The summed E-state index contributed by atoms with van der Waals surface area (Å²) in [6.45, 7) is 1.74. The summed E-state index contributed by atoms with van der Waals surface area (Å²) in [6.07, 6.45) is 0. The van der Waals surface area contributed by atoms with Crippen LogP contribution in [-0.4, -0.2) is 32.7 Å². The average Bonchev–Trinajstić information content (AvgIpc) is 2.61. The van der Waals surface area contributed by atoms with Crippen molar-refractivity contribution >= 4 is 17.5 Å². The summed E-state index contributed by atoms with van der Waals surface area (Å²) in [5, 5.41) is 6.58. The number of carbonyl (C=O) groups is 1. The molecule has 24 heavy (non-hydrogen) atoms. The van der Waals surface area contributed by atoms with E-state index in [4.69, 9.17) is 21.1 Å². The van der Waals surface area contributed by atoms with Gasteiger partial charge in [-0.05, 0) is 42.0 Å². The van der Waals surface area contributed by atoms with Gasteiger partial charge in [-0.1, -0.05) is 23.7 Å². The topological polar surface area (TPSA) is 59.6 Å². The number of ether oxygens (including phenoxy) is 2. The largest absolute Gasteiger partial charge is 0.497 e. The zero-order valence-electron chi connectivity index (χ0n) is 13.5. The van der Waals surface area contributed by atoms with Gasteiger partial charge in [0.1, 0.15) is 18.1 Å². The van der Waals surface area contributed by atoms with E-state index in [-0.39, 0.29) is 12.5 Å². The lowest BCUT2D eigenvalue weighted by Gasteiger charge is -2.09. The standard InChI is InChI=1S/C18H21ClN2O3/c1-23-16-6-8-17(9-7-16)24-11-10-21-18(22)13-20-12-14-2-4-15(19)5-3-14/h2-9,20H,10-13H2,1H3,(H,21,22). The molecule has 6 heteroatoms. The molecule has 0 aliphatic rings. The molecule has 0 atom stereocenters. The van der Waals surface area contributed by atoms with Crippen LogP contribution >= 0.6 is 11.6 Å². The molecule has 0 spiro atoms. The van der Waals surface area contributed by atoms with E-state index in [1.165, 1.54) is 0 Å². The second-order valence-electron chi connectivity index (χ2n) is 5.10. The van der Waals surface area contributed by atoms with Crippen molar-refractivity contribution in [2.45, 2.75) is 6.54 Å². The molecule has 2 aromatic rings. The predicted molar refractivity (Wildman–Crippen MR) is 94.7 cm³/mol. The van der Waals surface area contributed by atoms with Gasteiger partial charge in [0.15, 0.2) is 0 Å². The number of halogens is 1. The Morgan fingerprint density at radius 3 is 2.38 bits per heavy atom. The van der Waals surface area contributed by atoms with E-state index in [1.54, 1.807) is 7.11 Å². The van der Waals surface area contributed by atoms with Crippen LogP contribution in [0.1, 0.15) is 5.56 Å². The molecule has 2 rings (SSSR count). The molecule has 0 fully saturated rings. The fourth-order valence-electron chi connectivity index (χ4n) is 2.02. The van der Waals surface area contributed by atoms with Crippen LogP contribution in [0.15, 0.2) is 48.5 Å². The summed E-state index contributed by atoms with van der Waals surface area (Å²) in [6, 6.07) is 14.8. The van der Waals surface area contributed by atoms with E-state index < -0.39 is 0 Å². The molecule has 0 unspecified atom stereocenters. The van der Waals surface area contributed by atoms with Crippen molar-refractivity contribution in [3.8, 4) is 11.5 Å². The van der Waals surface area contributed by atoms with Crippen LogP contribution in [-0.2, 0) is 11.3 Å². The maximum Gasteiger partial charge on any atom is 0.234 e. The SMILES string of the molecule is COc1ccc(OCCNC(=O)CNCc2ccc(Cl)cc2)cc1. The van der Waals surface area contributed by atoms with Crippen LogP contribution < -0.4 is 20.1 Å². The minimum Gasteiger partial charge on any atom is -0.497 e. The predicted octanol–water partition coefficient (Wildman–Crippen LogP) is 2.63. The Labute approximate surface area is 146 Å². The van der Waals surface area contributed by atoms with Crippen molar-refractivity contribution in [3.63, 3.8) is 0 Å². The number of hydrogen-bond donors (Lipinski definition) is 2. The van der Waals surface area contributed by atoms with Gasteiger partial charge < -0.3 is 20.1 Å². The smallest absolute Gasteiger partial charge is 0.234 e. The molecular formula is C18H21ClN2O3. The zero-order chi connectivity index (χ0) is 17.2. The third-order valence-corrected chi connectivity index (χ3v) is 3.53. The van der Waals surface area contributed by atoms with Crippen molar-refractivity contribution in [1.82, 2.24) is 10.6 Å². The highest BCUT2D eigenvalue weighted by molar-refractivity contribution is 6.30. The van der Waals surface area contributed by atoms with Gasteiger partial charge in [-0.2, -0.15) is 0 Å². The Bertz CT molecular complexity index is 630. The molecule has 0 bridgehead atoms. The average molecular weight is 349 g/mol. The third-order valence-electron chi connectivity index (χ3n) is 3.28. The number of methoxy groups -OCH3 is 1. The van der Waals surface area contributed by atoms with Crippen LogP contribution in [0.25, 0.3) is 0 Å². The molecular weight excluding hydrogens is 328 g/mol. The van der Waals surface area contributed by atoms with Crippen LogP contribution in [0.3, 0.4) is 0 Å². The first-order valence-corrected chi connectivity index (χ1v) is 8.04. The summed E-state index contributed by atoms with van der Waals surface area (Å²) in [5.74, 6) is 1.45. The molecule has 5 nitrogen and oxygen atoms in total. The lowest BCUT2D eigenvalue weighted by molar-refractivity contribution is -0.120. The van der Waals surface area contributed by atoms with Crippen molar-refractivity contribution in [1.29, 1.82) is 0 Å². The fourth-order valence-corrected chi connectivity index (χ4v) is 2.14. The molecule has 0 aliphatic heterocycles. The molecule has 0 saturated heterocycles. The van der Waals surface area contributed by atoms with Gasteiger partial charge in [0.25, 0.3) is 0 Å². The van der Waals surface area contributed by atoms with Crippen LogP contribution in [0.2, 0.25) is 5.02 Å². The van der Waals surface area contributed by atoms with Crippen molar-refractivity contribution in [2.24, 2.45) is 0 Å². The van der Waals surface area contributed by atoms with Crippen LogP contribution in [0.4, 0.5) is 0 Å². The summed E-state index contributed by atoms with van der Waals surface area (Å²) < 4.78 is 10.6. The number of nitrogens with one attached hydrogen (secondary N) is 2. The fraction of sp³-hybridized carbons (Fsp3) is 0.278. The van der Waals surface area contributed by atoms with Gasteiger partial charge >= 0.3 is 0 Å². The summed E-state index contributed by atoms with van der Waals surface area (Å²) >= 11 is 5.82. The molecule has 128 valence electrons. The Morgan fingerprint density at radius 1 is 1.04 bits per heavy atom. The molecule has 2 aromatic carbocycles. The number of hydrogen-bond acceptors (Lipinski definition) is 4. The Balaban J connectivity index is 1.56. The normalized spacial score (nSPS) is 10.2. The zero-order valence-corrected chi connectivity index (χ0v) is 14.3. The van der Waals surface area contributed by atoms with Crippen molar-refractivity contribution in [2.75, 3.05) is 26.8 Å². The van der Waals surface area contributed by atoms with E-state index in [1.807, 2.05) is 48.5 Å². The van der Waals surface area contributed by atoms with Gasteiger partial charge in [0.2, 0.25) is 5.91 Å². The van der Waals surface area contributed by atoms with E-state index >= 15 is 0 Å². The van der Waals surface area contributed by atoms with E-state index in [0.717, 1.165) is 17.1 Å². The summed E-state index contributed by atoms with van der Waals surface area (Å²) in [5.41, 5.74) is 1.08. The Hall–Kier alpha value is -2.24. The van der Waals surface area contributed by atoms with Crippen LogP contribution in [0, 0.1) is 0 Å². The summed E-state index contributed by atoms with van der Waals surface area (Å²) in [4.78, 5) is 11.7. The highest BCUT2D eigenvalue weighted by atomic mass is 35.5. The van der Waals surface area contributed by atoms with Crippen molar-refractivity contribution < 1.29 is 14.3 Å². The van der Waals surface area contributed by atoms with Crippen molar-refractivity contribution in [3.05, 3.63) is 59.1 Å². The molecule has 0 aliphatic carbocycles. The van der Waals surface area contributed by atoms with Gasteiger partial charge in [-0.3, -0.25) is 4.79 Å². The lowest BCUT2D eigenvalue weighted by atomic mass is 10.2. The molecule has 0 heterocycles. The lowest BCUT2D eigenvalue weighted by Crippen LogP contribution is -2.35. The number of rotatable bonds is 9. The molecule has 0 saturated carbocycles. The Morgan fingerprint density at radius 2 is 1.71 bits per heavy atom. The quantitative estimate of drug-likeness (QED) is 0.684. The number of amides is 1. The minimum absolute atomic E-state index is 0.0673. The summed E-state index contributed by atoms with van der Waals surface area (Å²) in [7, 11) is 1.62. The van der Waals surface area contributed by atoms with Gasteiger partial charge in [0.05, 0.1) is 20.2 Å². The molecule has 1 amide bonds. The number of carbonyl (C=O) groups excluding carboxylic acids is 1. The van der Waals surface area contributed by atoms with Gasteiger partial charge in [-0.25, -0.2) is 0 Å².